The van der Waals surface area contributed by atoms with E-state index in [4.69, 9.17) is 0 Å². The fourth-order valence-corrected chi connectivity index (χ4v) is 4.55. The quantitative estimate of drug-likeness (QED) is 0.853. The highest BCUT2D eigenvalue weighted by Crippen LogP contribution is 2.30. The van der Waals surface area contributed by atoms with Gasteiger partial charge in [-0.05, 0) is 38.5 Å². The molecule has 0 aromatic carbocycles. The summed E-state index contributed by atoms with van der Waals surface area (Å²) in [5.41, 5.74) is 3.23. The Morgan fingerprint density at radius 1 is 0.727 bits per heavy atom. The van der Waals surface area contributed by atoms with E-state index in [9.17, 15) is 4.79 Å². The lowest BCUT2D eigenvalue weighted by atomic mass is 9.89. The first kappa shape index (κ1) is 16.1. The molecular weight excluding hydrogens is 274 g/mol. The van der Waals surface area contributed by atoms with E-state index in [-0.39, 0.29) is 6.03 Å². The largest absolute Gasteiger partial charge is 0.332 e. The predicted molar refractivity (Wildman–Crippen MR) is 89.5 cm³/mol. The molecule has 22 heavy (non-hydrogen) atoms. The summed E-state index contributed by atoms with van der Waals surface area (Å²) >= 11 is 0. The number of nitrogens with one attached hydrogen (secondary N) is 1. The summed E-state index contributed by atoms with van der Waals surface area (Å²) in [6.07, 6.45) is 16.5. The van der Waals surface area contributed by atoms with Gasteiger partial charge in [0.25, 0.3) is 0 Å². The SMILES string of the molecule is O=C(NN1CCCCC1)N(C1CCCCC1)C1CCCCC1. The van der Waals surface area contributed by atoms with E-state index in [0.717, 1.165) is 13.1 Å². The zero-order valence-electron chi connectivity index (χ0n) is 14.1. The maximum absolute atomic E-state index is 13.0. The van der Waals surface area contributed by atoms with E-state index in [1.807, 2.05) is 0 Å². The van der Waals surface area contributed by atoms with E-state index in [2.05, 4.69) is 15.3 Å². The molecule has 4 heteroatoms. The first-order valence-corrected chi connectivity index (χ1v) is 9.68. The second kappa shape index (κ2) is 8.19. The van der Waals surface area contributed by atoms with Crippen molar-refractivity contribution >= 4 is 6.03 Å². The van der Waals surface area contributed by atoms with E-state index in [1.54, 1.807) is 0 Å². The lowest BCUT2D eigenvalue weighted by Gasteiger charge is -2.42. The number of urea groups is 1. The zero-order valence-corrected chi connectivity index (χ0v) is 14.1. The fraction of sp³-hybridized carbons (Fsp3) is 0.944. The molecule has 1 N–H and O–H groups in total. The number of amides is 2. The van der Waals surface area contributed by atoms with Crippen molar-refractivity contribution in [2.24, 2.45) is 0 Å². The van der Waals surface area contributed by atoms with Crippen LogP contribution < -0.4 is 5.43 Å². The van der Waals surface area contributed by atoms with Crippen LogP contribution in [-0.2, 0) is 0 Å². The maximum atomic E-state index is 13.0. The smallest absolute Gasteiger partial charge is 0.318 e. The third-order valence-corrected chi connectivity index (χ3v) is 5.78. The van der Waals surface area contributed by atoms with Crippen molar-refractivity contribution in [3.05, 3.63) is 0 Å². The molecule has 3 aliphatic rings. The third kappa shape index (κ3) is 4.15. The van der Waals surface area contributed by atoms with Crippen LogP contribution in [0.2, 0.25) is 0 Å². The Hall–Kier alpha value is -0.770. The Morgan fingerprint density at radius 3 is 1.68 bits per heavy atom. The molecule has 2 aliphatic carbocycles. The van der Waals surface area contributed by atoms with Crippen LogP contribution >= 0.6 is 0 Å². The summed E-state index contributed by atoms with van der Waals surface area (Å²) in [5, 5.41) is 2.16. The van der Waals surface area contributed by atoms with Crippen LogP contribution in [0.3, 0.4) is 0 Å². The lowest BCUT2D eigenvalue weighted by molar-refractivity contribution is 0.0772. The van der Waals surface area contributed by atoms with Crippen molar-refractivity contribution in [1.29, 1.82) is 0 Å². The summed E-state index contributed by atoms with van der Waals surface area (Å²) in [6.45, 7) is 2.05. The van der Waals surface area contributed by atoms with Crippen LogP contribution in [-0.4, -0.2) is 41.1 Å². The number of carbonyl (C=O) groups is 1. The number of hydrogen-bond donors (Lipinski definition) is 1. The molecule has 0 unspecified atom stereocenters. The van der Waals surface area contributed by atoms with E-state index in [1.165, 1.54) is 83.5 Å². The average Bonchev–Trinajstić information content (AvgIpc) is 2.58. The van der Waals surface area contributed by atoms with Crippen molar-refractivity contribution < 1.29 is 4.79 Å². The van der Waals surface area contributed by atoms with Crippen LogP contribution in [0.15, 0.2) is 0 Å². The molecule has 2 saturated carbocycles. The third-order valence-electron chi connectivity index (χ3n) is 5.78. The van der Waals surface area contributed by atoms with Crippen LogP contribution in [0.5, 0.6) is 0 Å². The zero-order chi connectivity index (χ0) is 15.2. The number of carbonyl (C=O) groups excluding carboxylic acids is 1. The molecule has 126 valence electrons. The number of hydrazine groups is 1. The number of piperidine rings is 1. The second-order valence-corrected chi connectivity index (χ2v) is 7.46. The fourth-order valence-electron chi connectivity index (χ4n) is 4.55. The molecule has 0 spiro atoms. The first-order valence-electron chi connectivity index (χ1n) is 9.68. The Kier molecular flexibility index (Phi) is 5.99. The lowest BCUT2D eigenvalue weighted by Crippen LogP contribution is -2.57. The summed E-state index contributed by atoms with van der Waals surface area (Å²) < 4.78 is 0. The monoisotopic (exact) mass is 307 g/mol. The molecule has 1 saturated heterocycles. The maximum Gasteiger partial charge on any atom is 0.332 e. The minimum Gasteiger partial charge on any atom is -0.318 e. The van der Waals surface area contributed by atoms with Gasteiger partial charge in [-0.3, -0.25) is 5.43 Å². The van der Waals surface area contributed by atoms with Crippen LogP contribution in [0.4, 0.5) is 4.79 Å². The molecule has 3 rings (SSSR count). The van der Waals surface area contributed by atoms with Gasteiger partial charge in [-0.15, -0.1) is 0 Å². The molecule has 0 bridgehead atoms. The molecule has 0 aromatic heterocycles. The topological polar surface area (TPSA) is 35.6 Å². The van der Waals surface area contributed by atoms with Gasteiger partial charge >= 0.3 is 6.03 Å². The van der Waals surface area contributed by atoms with Gasteiger partial charge in [-0.25, -0.2) is 9.80 Å². The number of rotatable bonds is 3. The van der Waals surface area contributed by atoms with Gasteiger partial charge in [0.2, 0.25) is 0 Å². The molecule has 4 nitrogen and oxygen atoms in total. The van der Waals surface area contributed by atoms with Gasteiger partial charge < -0.3 is 4.90 Å². The van der Waals surface area contributed by atoms with Crippen molar-refractivity contribution in [2.45, 2.75) is 95.6 Å². The van der Waals surface area contributed by atoms with Gasteiger partial charge in [0, 0.05) is 25.2 Å². The normalized spacial score (nSPS) is 25.8. The highest BCUT2D eigenvalue weighted by atomic mass is 16.2. The number of nitrogens with zero attached hydrogens (tertiary/aromatic N) is 2. The van der Waals surface area contributed by atoms with E-state index in [0.29, 0.717) is 12.1 Å². The molecule has 0 atom stereocenters. The van der Waals surface area contributed by atoms with Gasteiger partial charge in [-0.1, -0.05) is 44.9 Å². The first-order chi connectivity index (χ1) is 10.8. The minimum atomic E-state index is 0.195. The van der Waals surface area contributed by atoms with Crippen molar-refractivity contribution in [1.82, 2.24) is 15.3 Å². The molecule has 1 heterocycles. The summed E-state index contributed by atoms with van der Waals surface area (Å²) in [6, 6.07) is 1.17. The van der Waals surface area contributed by atoms with Crippen LogP contribution in [0, 0.1) is 0 Å². The van der Waals surface area contributed by atoms with Gasteiger partial charge in [-0.2, -0.15) is 0 Å². The second-order valence-electron chi connectivity index (χ2n) is 7.46. The average molecular weight is 307 g/mol. The molecule has 1 aliphatic heterocycles. The molecule has 3 fully saturated rings. The summed E-state index contributed by atoms with van der Waals surface area (Å²) in [4.78, 5) is 15.3. The van der Waals surface area contributed by atoms with Crippen LogP contribution in [0.25, 0.3) is 0 Å². The Labute approximate surface area is 135 Å². The van der Waals surface area contributed by atoms with E-state index < -0.39 is 0 Å². The molecule has 0 radical (unpaired) electrons. The van der Waals surface area contributed by atoms with Crippen molar-refractivity contribution in [2.75, 3.05) is 13.1 Å². The van der Waals surface area contributed by atoms with Crippen LogP contribution in [0.1, 0.15) is 83.5 Å². The Morgan fingerprint density at radius 2 is 1.18 bits per heavy atom. The van der Waals surface area contributed by atoms with E-state index >= 15 is 0 Å². The Bertz CT molecular complexity index is 324. The molecule has 0 aromatic rings. The molecule has 2 amide bonds. The Balaban J connectivity index is 1.64. The number of hydrogen-bond acceptors (Lipinski definition) is 2. The summed E-state index contributed by atoms with van der Waals surface area (Å²) in [5.74, 6) is 0. The molecular formula is C18H33N3O. The highest BCUT2D eigenvalue weighted by Gasteiger charge is 2.33. The van der Waals surface area contributed by atoms with Crippen molar-refractivity contribution in [3.63, 3.8) is 0 Å². The predicted octanol–water partition coefficient (Wildman–Crippen LogP) is 4.06. The summed E-state index contributed by atoms with van der Waals surface area (Å²) in [7, 11) is 0. The van der Waals surface area contributed by atoms with Gasteiger partial charge in [0.1, 0.15) is 0 Å². The standard InChI is InChI=1S/C18H33N3O/c22-18(19-20-14-8-3-9-15-20)21(16-10-4-1-5-11-16)17-12-6-2-7-13-17/h16-17H,1-15H2,(H,19,22). The van der Waals surface area contributed by atoms with Crippen molar-refractivity contribution in [3.8, 4) is 0 Å². The minimum absolute atomic E-state index is 0.195. The van der Waals surface area contributed by atoms with Gasteiger partial charge in [0.05, 0.1) is 0 Å². The highest BCUT2D eigenvalue weighted by molar-refractivity contribution is 5.74. The van der Waals surface area contributed by atoms with Gasteiger partial charge in [0.15, 0.2) is 0 Å².